The summed E-state index contributed by atoms with van der Waals surface area (Å²) in [6, 6.07) is 0. The Bertz CT molecular complexity index is 255. The highest BCUT2D eigenvalue weighted by Crippen LogP contribution is 2.10. The molecule has 0 aliphatic heterocycles. The van der Waals surface area contributed by atoms with Crippen molar-refractivity contribution in [2.45, 2.75) is 71.1 Å². The standard InChI is InChI=1S/C19H32/c1-3-5-7-9-11-13-15-17-19-18-16-14-12-10-8-6-4-2/h3,5-8,10,12H,1,4,9,11,13-19H2,2H3/b7-5+,8-6+,12-10+. The third-order valence-electron chi connectivity index (χ3n) is 3.13. The van der Waals surface area contributed by atoms with E-state index >= 15 is 0 Å². The van der Waals surface area contributed by atoms with Gasteiger partial charge in [0.25, 0.3) is 0 Å². The van der Waals surface area contributed by atoms with E-state index in [4.69, 9.17) is 0 Å². The van der Waals surface area contributed by atoms with Crippen molar-refractivity contribution in [3.05, 3.63) is 49.1 Å². The van der Waals surface area contributed by atoms with E-state index in [2.05, 4.69) is 43.9 Å². The summed E-state index contributed by atoms with van der Waals surface area (Å²) in [5.74, 6) is 0. The number of allylic oxidation sites excluding steroid dienone is 7. The van der Waals surface area contributed by atoms with Gasteiger partial charge < -0.3 is 0 Å². The predicted molar refractivity (Wildman–Crippen MR) is 89.5 cm³/mol. The van der Waals surface area contributed by atoms with E-state index in [1.807, 2.05) is 12.2 Å². The summed E-state index contributed by atoms with van der Waals surface area (Å²) in [7, 11) is 0. The van der Waals surface area contributed by atoms with Gasteiger partial charge in [-0.05, 0) is 32.1 Å². The Balaban J connectivity index is 3.10. The lowest BCUT2D eigenvalue weighted by molar-refractivity contribution is 0.583. The summed E-state index contributed by atoms with van der Waals surface area (Å²) in [5.41, 5.74) is 0. The third kappa shape index (κ3) is 17.0. The lowest BCUT2D eigenvalue weighted by Gasteiger charge is -1.99. The molecule has 0 amide bonds. The monoisotopic (exact) mass is 260 g/mol. The zero-order valence-electron chi connectivity index (χ0n) is 12.8. The fourth-order valence-corrected chi connectivity index (χ4v) is 1.99. The molecule has 0 unspecified atom stereocenters. The van der Waals surface area contributed by atoms with Crippen molar-refractivity contribution in [2.75, 3.05) is 0 Å². The van der Waals surface area contributed by atoms with E-state index in [9.17, 15) is 0 Å². The van der Waals surface area contributed by atoms with Crippen LogP contribution in [0.3, 0.4) is 0 Å². The zero-order chi connectivity index (χ0) is 14.0. The number of rotatable bonds is 13. The maximum atomic E-state index is 3.67. The molecule has 19 heavy (non-hydrogen) atoms. The van der Waals surface area contributed by atoms with E-state index in [-0.39, 0.29) is 0 Å². The van der Waals surface area contributed by atoms with Crippen molar-refractivity contribution < 1.29 is 0 Å². The van der Waals surface area contributed by atoms with Crippen LogP contribution < -0.4 is 0 Å². The fourth-order valence-electron chi connectivity index (χ4n) is 1.99. The predicted octanol–water partition coefficient (Wildman–Crippen LogP) is 6.76. The molecule has 0 saturated heterocycles. The average Bonchev–Trinajstić information content (AvgIpc) is 2.43. The molecule has 0 aromatic rings. The van der Waals surface area contributed by atoms with Gasteiger partial charge in [0.05, 0.1) is 0 Å². The summed E-state index contributed by atoms with van der Waals surface area (Å²) in [6.07, 6.45) is 28.2. The summed E-state index contributed by atoms with van der Waals surface area (Å²) in [5, 5.41) is 0. The molecule has 0 atom stereocenters. The first-order valence-corrected chi connectivity index (χ1v) is 8.01. The largest absolute Gasteiger partial charge is 0.0991 e. The Morgan fingerprint density at radius 1 is 0.632 bits per heavy atom. The van der Waals surface area contributed by atoms with Crippen molar-refractivity contribution in [3.63, 3.8) is 0 Å². The maximum absolute atomic E-state index is 3.67. The first-order valence-electron chi connectivity index (χ1n) is 8.01. The zero-order valence-corrected chi connectivity index (χ0v) is 12.8. The Labute approximate surface area is 121 Å². The first kappa shape index (κ1) is 18.0. The lowest BCUT2D eigenvalue weighted by atomic mass is 10.1. The maximum Gasteiger partial charge on any atom is -0.0348 e. The molecule has 0 N–H and O–H groups in total. The van der Waals surface area contributed by atoms with Crippen LogP contribution in [0.2, 0.25) is 0 Å². The normalized spacial score (nSPS) is 12.1. The molecule has 0 fully saturated rings. The molecule has 0 heteroatoms. The van der Waals surface area contributed by atoms with Gasteiger partial charge in [0.1, 0.15) is 0 Å². The topological polar surface area (TPSA) is 0 Å². The van der Waals surface area contributed by atoms with Crippen LogP contribution in [0.4, 0.5) is 0 Å². The van der Waals surface area contributed by atoms with Crippen molar-refractivity contribution in [1.29, 1.82) is 0 Å². The van der Waals surface area contributed by atoms with Gasteiger partial charge in [0.2, 0.25) is 0 Å². The van der Waals surface area contributed by atoms with Crippen LogP contribution in [0.15, 0.2) is 49.1 Å². The molecule has 0 aliphatic carbocycles. The van der Waals surface area contributed by atoms with E-state index in [0.29, 0.717) is 0 Å². The quantitative estimate of drug-likeness (QED) is 0.253. The molecular weight excluding hydrogens is 228 g/mol. The Morgan fingerprint density at radius 2 is 1.11 bits per heavy atom. The molecule has 0 rings (SSSR count). The van der Waals surface area contributed by atoms with Gasteiger partial charge in [-0.2, -0.15) is 0 Å². The van der Waals surface area contributed by atoms with E-state index in [1.165, 1.54) is 57.8 Å². The summed E-state index contributed by atoms with van der Waals surface area (Å²) in [6.45, 7) is 5.84. The van der Waals surface area contributed by atoms with Gasteiger partial charge >= 0.3 is 0 Å². The van der Waals surface area contributed by atoms with Gasteiger partial charge in [-0.15, -0.1) is 0 Å². The number of hydrogen-bond acceptors (Lipinski definition) is 0. The Morgan fingerprint density at radius 3 is 1.63 bits per heavy atom. The molecule has 0 nitrogen and oxygen atoms in total. The molecule has 0 bridgehead atoms. The molecule has 0 aromatic carbocycles. The second kappa shape index (κ2) is 17.0. The van der Waals surface area contributed by atoms with Crippen LogP contribution in [-0.2, 0) is 0 Å². The van der Waals surface area contributed by atoms with Crippen LogP contribution >= 0.6 is 0 Å². The molecule has 0 saturated carbocycles. The summed E-state index contributed by atoms with van der Waals surface area (Å²) in [4.78, 5) is 0. The third-order valence-corrected chi connectivity index (χ3v) is 3.13. The smallest absolute Gasteiger partial charge is 0.0348 e. The average molecular weight is 260 g/mol. The lowest BCUT2D eigenvalue weighted by Crippen LogP contribution is -1.80. The first-order chi connectivity index (χ1) is 9.41. The molecule has 0 heterocycles. The highest BCUT2D eigenvalue weighted by Gasteiger charge is 1.90. The molecule has 108 valence electrons. The number of hydrogen-bond donors (Lipinski definition) is 0. The van der Waals surface area contributed by atoms with Crippen LogP contribution in [0.1, 0.15) is 71.1 Å². The minimum atomic E-state index is 1.13. The van der Waals surface area contributed by atoms with Gasteiger partial charge in [-0.3, -0.25) is 0 Å². The molecule has 0 radical (unpaired) electrons. The van der Waals surface area contributed by atoms with E-state index in [0.717, 1.165) is 6.42 Å². The second-order valence-corrected chi connectivity index (χ2v) is 4.98. The van der Waals surface area contributed by atoms with Gasteiger partial charge in [-0.25, -0.2) is 0 Å². The van der Waals surface area contributed by atoms with E-state index in [1.54, 1.807) is 0 Å². The van der Waals surface area contributed by atoms with Gasteiger partial charge in [0, 0.05) is 0 Å². The fraction of sp³-hybridized carbons (Fsp3) is 0.579. The second-order valence-electron chi connectivity index (χ2n) is 4.98. The molecule has 0 aliphatic rings. The summed E-state index contributed by atoms with van der Waals surface area (Å²) < 4.78 is 0. The van der Waals surface area contributed by atoms with Crippen molar-refractivity contribution in [1.82, 2.24) is 0 Å². The SMILES string of the molecule is C=C/C=C/CCCCCCCCC/C=C/C=C/CC. The van der Waals surface area contributed by atoms with Crippen molar-refractivity contribution in [2.24, 2.45) is 0 Å². The van der Waals surface area contributed by atoms with Gasteiger partial charge in [0.15, 0.2) is 0 Å². The highest BCUT2D eigenvalue weighted by molar-refractivity contribution is 5.01. The van der Waals surface area contributed by atoms with E-state index < -0.39 is 0 Å². The van der Waals surface area contributed by atoms with Crippen molar-refractivity contribution in [3.8, 4) is 0 Å². The molecule has 0 spiro atoms. The molecule has 0 aromatic heterocycles. The minimum Gasteiger partial charge on any atom is -0.0991 e. The highest BCUT2D eigenvalue weighted by atomic mass is 14.0. The Hall–Kier alpha value is -1.04. The number of unbranched alkanes of at least 4 members (excludes halogenated alkanes) is 8. The Kier molecular flexibility index (Phi) is 16.0. The minimum absolute atomic E-state index is 1.13. The van der Waals surface area contributed by atoms with Crippen LogP contribution in [0.5, 0.6) is 0 Å². The van der Waals surface area contributed by atoms with Gasteiger partial charge in [-0.1, -0.05) is 88.1 Å². The van der Waals surface area contributed by atoms with Crippen LogP contribution in [-0.4, -0.2) is 0 Å². The summed E-state index contributed by atoms with van der Waals surface area (Å²) >= 11 is 0. The van der Waals surface area contributed by atoms with Crippen molar-refractivity contribution >= 4 is 0 Å². The van der Waals surface area contributed by atoms with Crippen LogP contribution in [0.25, 0.3) is 0 Å². The molecular formula is C19H32. The van der Waals surface area contributed by atoms with Crippen LogP contribution in [0, 0.1) is 0 Å².